The quantitative estimate of drug-likeness (QED) is 0.205. The van der Waals surface area contributed by atoms with Crippen LogP contribution >= 0.6 is 43.2 Å². The third-order valence-electron chi connectivity index (χ3n) is 7.75. The van der Waals surface area contributed by atoms with Crippen LogP contribution in [-0.4, -0.2) is 30.2 Å². The van der Waals surface area contributed by atoms with Gasteiger partial charge in [0.25, 0.3) is 11.5 Å². The molecule has 3 aromatic carbocycles. The lowest BCUT2D eigenvalue weighted by molar-refractivity contribution is -0.139. The van der Waals surface area contributed by atoms with Crippen molar-refractivity contribution in [3.05, 3.63) is 123 Å². The van der Waals surface area contributed by atoms with Gasteiger partial charge in [-0.3, -0.25) is 14.2 Å². The van der Waals surface area contributed by atoms with E-state index in [-0.39, 0.29) is 17.0 Å². The normalized spacial score (nSPS) is 16.8. The van der Waals surface area contributed by atoms with Gasteiger partial charge in [0.05, 0.1) is 53.3 Å². The van der Waals surface area contributed by atoms with Crippen molar-refractivity contribution in [2.45, 2.75) is 39.3 Å². The van der Waals surface area contributed by atoms with Crippen LogP contribution in [0.5, 0.6) is 5.75 Å². The molecule has 2 aliphatic heterocycles. The van der Waals surface area contributed by atoms with Crippen molar-refractivity contribution < 1.29 is 19.1 Å². The monoisotopic (exact) mass is 749 g/mol. The van der Waals surface area contributed by atoms with Gasteiger partial charge >= 0.3 is 5.97 Å². The molecule has 0 aliphatic carbocycles. The molecule has 11 heteroatoms. The molecule has 0 unspecified atom stereocenters. The minimum atomic E-state index is -0.822. The number of aromatic nitrogens is 1. The highest BCUT2D eigenvalue weighted by molar-refractivity contribution is 9.10. The van der Waals surface area contributed by atoms with Crippen LogP contribution in [0.2, 0.25) is 0 Å². The van der Waals surface area contributed by atoms with Gasteiger partial charge in [0.1, 0.15) is 10.3 Å². The Hall–Kier alpha value is -3.80. The number of thiazole rings is 1. The van der Waals surface area contributed by atoms with Gasteiger partial charge in [-0.15, -0.1) is 0 Å². The maximum Gasteiger partial charge on any atom is 0.338 e. The van der Waals surface area contributed by atoms with Crippen LogP contribution in [0.3, 0.4) is 0 Å². The van der Waals surface area contributed by atoms with Crippen LogP contribution in [0.4, 0.5) is 5.69 Å². The highest BCUT2D eigenvalue weighted by Gasteiger charge is 2.38. The lowest BCUT2D eigenvalue weighted by atomic mass is 9.94. The highest BCUT2D eigenvalue weighted by Crippen LogP contribution is 2.39. The minimum Gasteiger partial charge on any atom is -0.496 e. The molecule has 0 saturated carbocycles. The molecule has 0 saturated heterocycles. The van der Waals surface area contributed by atoms with Gasteiger partial charge in [0.2, 0.25) is 0 Å². The zero-order valence-corrected chi connectivity index (χ0v) is 28.8. The summed E-state index contributed by atoms with van der Waals surface area (Å²) in [6.45, 7) is 4.28. The molecule has 6 rings (SSSR count). The van der Waals surface area contributed by atoms with E-state index in [4.69, 9.17) is 14.5 Å². The Bertz CT molecular complexity index is 2050. The third-order valence-corrected chi connectivity index (χ3v) is 9.91. The first kappa shape index (κ1) is 31.2. The Morgan fingerprint density at radius 2 is 1.80 bits per heavy atom. The van der Waals surface area contributed by atoms with Crippen LogP contribution in [0.15, 0.2) is 96.7 Å². The zero-order chi connectivity index (χ0) is 31.8. The van der Waals surface area contributed by atoms with E-state index >= 15 is 0 Å². The topological polar surface area (TPSA) is 90.2 Å². The number of ether oxygens (including phenoxy) is 2. The van der Waals surface area contributed by atoms with Crippen LogP contribution in [0.25, 0.3) is 5.57 Å². The second-order valence-corrected chi connectivity index (χ2v) is 13.3. The fourth-order valence-corrected chi connectivity index (χ4v) is 7.81. The smallest absolute Gasteiger partial charge is 0.338 e. The number of amides is 1. The first-order valence-electron chi connectivity index (χ1n) is 14.5. The molecule has 1 atom stereocenters. The van der Waals surface area contributed by atoms with E-state index < -0.39 is 17.6 Å². The molecule has 0 N–H and O–H groups in total. The molecule has 0 spiro atoms. The molecule has 45 heavy (non-hydrogen) atoms. The molecular formula is C34H29Br2N3O5S. The van der Waals surface area contributed by atoms with Crippen molar-refractivity contribution in [1.82, 2.24) is 4.57 Å². The molecule has 2 aliphatic rings. The van der Waals surface area contributed by atoms with E-state index in [9.17, 15) is 14.4 Å². The third kappa shape index (κ3) is 5.62. The summed E-state index contributed by atoms with van der Waals surface area (Å²) in [6.07, 6.45) is 1.24. The summed E-state index contributed by atoms with van der Waals surface area (Å²) in [5, 5.41) is 0. The Kier molecular flexibility index (Phi) is 8.94. The van der Waals surface area contributed by atoms with E-state index in [2.05, 4.69) is 31.9 Å². The SMILES string of the molecule is CCCC1=C(C(=O)OCC)[C@H](c2ccc(OC)c(Br)c2)n2c(s/c(=C3\C(=O)N(Cc4ccccc4)c4ccc(Br)cc43)c2=O)=N1. The van der Waals surface area contributed by atoms with E-state index in [0.717, 1.165) is 22.1 Å². The first-order chi connectivity index (χ1) is 21.8. The predicted molar refractivity (Wildman–Crippen MR) is 181 cm³/mol. The average Bonchev–Trinajstić information content (AvgIpc) is 3.48. The summed E-state index contributed by atoms with van der Waals surface area (Å²) in [7, 11) is 1.57. The molecule has 4 aromatic rings. The van der Waals surface area contributed by atoms with Crippen LogP contribution in [0, 0.1) is 0 Å². The molecule has 3 heterocycles. The van der Waals surface area contributed by atoms with Crippen LogP contribution in [0.1, 0.15) is 49.4 Å². The van der Waals surface area contributed by atoms with Crippen molar-refractivity contribution in [1.29, 1.82) is 0 Å². The number of benzene rings is 3. The van der Waals surface area contributed by atoms with E-state index in [0.29, 0.717) is 56.0 Å². The van der Waals surface area contributed by atoms with Crippen LogP contribution < -0.4 is 24.5 Å². The molecule has 1 aromatic heterocycles. The van der Waals surface area contributed by atoms with Crippen molar-refractivity contribution in [2.24, 2.45) is 4.99 Å². The van der Waals surface area contributed by atoms with Gasteiger partial charge in [0, 0.05) is 10.0 Å². The van der Waals surface area contributed by atoms with Gasteiger partial charge in [-0.2, -0.15) is 0 Å². The number of fused-ring (bicyclic) bond motifs is 2. The standard InChI is InChI=1S/C34H29Br2N3O5S/c1-4-9-24-28(33(42)44-5-2)29(20-12-15-26(43-3)23(36)16-20)39-32(41)30(45-34(39)37-24)27-22-17-21(35)13-14-25(22)38(31(27)40)18-19-10-7-6-8-11-19/h6-8,10-17,29H,4-5,9,18H2,1-3H3/b30-27-/t29-/m0/s1. The lowest BCUT2D eigenvalue weighted by Gasteiger charge is -2.26. The van der Waals surface area contributed by atoms with Crippen LogP contribution in [-0.2, 0) is 20.9 Å². The van der Waals surface area contributed by atoms with E-state index in [1.807, 2.05) is 67.6 Å². The van der Waals surface area contributed by atoms with Gasteiger partial charge < -0.3 is 14.4 Å². The first-order valence-corrected chi connectivity index (χ1v) is 16.9. The molecule has 0 fully saturated rings. The average molecular weight is 751 g/mol. The summed E-state index contributed by atoms with van der Waals surface area (Å²) in [5.74, 6) is -0.180. The maximum absolute atomic E-state index is 14.6. The number of rotatable bonds is 8. The number of methoxy groups -OCH3 is 1. The Balaban J connectivity index is 1.63. The maximum atomic E-state index is 14.6. The van der Waals surface area contributed by atoms with Gasteiger partial charge in [-0.25, -0.2) is 9.79 Å². The second-order valence-electron chi connectivity index (χ2n) is 10.5. The summed E-state index contributed by atoms with van der Waals surface area (Å²) < 4.78 is 14.2. The Morgan fingerprint density at radius 3 is 2.49 bits per heavy atom. The second kappa shape index (κ2) is 12.9. The fourth-order valence-electron chi connectivity index (χ4n) is 5.79. The number of hydrogen-bond donors (Lipinski definition) is 0. The van der Waals surface area contributed by atoms with Gasteiger partial charge in [-0.05, 0) is 70.7 Å². The summed E-state index contributed by atoms with van der Waals surface area (Å²) in [5.41, 5.74) is 3.83. The Morgan fingerprint density at radius 1 is 1.02 bits per heavy atom. The summed E-state index contributed by atoms with van der Waals surface area (Å²) in [4.78, 5) is 49.4. The minimum absolute atomic E-state index is 0.173. The predicted octanol–water partition coefficient (Wildman–Crippen LogP) is 6.03. The number of nitrogens with zero attached hydrogens (tertiary/aromatic N) is 3. The summed E-state index contributed by atoms with van der Waals surface area (Å²) in [6, 6.07) is 20.0. The number of carbonyl (C=O) groups excluding carboxylic acids is 2. The number of halogens is 2. The summed E-state index contributed by atoms with van der Waals surface area (Å²) >= 11 is 8.29. The Labute approximate surface area is 280 Å². The van der Waals surface area contributed by atoms with E-state index in [1.165, 1.54) is 15.9 Å². The molecule has 0 bridgehead atoms. The molecule has 8 nitrogen and oxygen atoms in total. The molecule has 1 amide bonds. The number of allylic oxidation sites excluding steroid dienone is 1. The molecule has 0 radical (unpaired) electrons. The van der Waals surface area contributed by atoms with Gasteiger partial charge in [-0.1, -0.05) is 77.0 Å². The largest absolute Gasteiger partial charge is 0.496 e. The zero-order valence-electron chi connectivity index (χ0n) is 24.8. The van der Waals surface area contributed by atoms with Gasteiger partial charge in [0.15, 0.2) is 4.80 Å². The number of carbonyl (C=O) groups is 2. The molecular weight excluding hydrogens is 722 g/mol. The van der Waals surface area contributed by atoms with Crippen molar-refractivity contribution >= 4 is 66.3 Å². The molecule has 230 valence electrons. The number of hydrogen-bond acceptors (Lipinski definition) is 7. The number of anilines is 1. The van der Waals surface area contributed by atoms with E-state index in [1.54, 1.807) is 25.0 Å². The highest BCUT2D eigenvalue weighted by atomic mass is 79.9. The van der Waals surface area contributed by atoms with Crippen molar-refractivity contribution in [3.8, 4) is 5.75 Å². The number of esters is 1. The lowest BCUT2D eigenvalue weighted by Crippen LogP contribution is -2.41. The van der Waals surface area contributed by atoms with Crippen molar-refractivity contribution in [2.75, 3.05) is 18.6 Å². The van der Waals surface area contributed by atoms with Crippen molar-refractivity contribution in [3.63, 3.8) is 0 Å². The fraction of sp³-hybridized carbons (Fsp3) is 0.235.